The molecular weight excluding hydrogens is 324 g/mol. The highest BCUT2D eigenvalue weighted by Crippen LogP contribution is 2.23. The molecule has 25 heavy (non-hydrogen) atoms. The third-order valence-electron chi connectivity index (χ3n) is 3.61. The zero-order valence-corrected chi connectivity index (χ0v) is 13.3. The number of amides is 2. The molecule has 0 fully saturated rings. The normalized spacial score (nSPS) is 11.8. The van der Waals surface area contributed by atoms with E-state index in [0.29, 0.717) is 17.9 Å². The van der Waals surface area contributed by atoms with Gasteiger partial charge in [0.15, 0.2) is 17.1 Å². The summed E-state index contributed by atoms with van der Waals surface area (Å²) < 4.78 is 6.89. The molecule has 0 saturated carbocycles. The minimum Gasteiger partial charge on any atom is -0.463 e. The third-order valence-corrected chi connectivity index (χ3v) is 3.61. The molecule has 9 heteroatoms. The summed E-state index contributed by atoms with van der Waals surface area (Å²) in [6.07, 6.45) is 3.32. The van der Waals surface area contributed by atoms with Crippen LogP contribution in [-0.2, 0) is 0 Å². The zero-order chi connectivity index (χ0) is 18.0. The zero-order valence-electron chi connectivity index (χ0n) is 13.3. The van der Waals surface area contributed by atoms with E-state index in [4.69, 9.17) is 15.4 Å². The van der Waals surface area contributed by atoms with Crippen molar-refractivity contribution < 1.29 is 14.0 Å². The Bertz CT molecular complexity index is 983. The Kier molecular flexibility index (Phi) is 4.18. The van der Waals surface area contributed by atoms with Crippen molar-refractivity contribution in [2.24, 2.45) is 5.73 Å². The van der Waals surface area contributed by atoms with Crippen LogP contribution in [0.25, 0.3) is 17.1 Å². The van der Waals surface area contributed by atoms with Gasteiger partial charge in [0.05, 0.1) is 18.0 Å². The summed E-state index contributed by atoms with van der Waals surface area (Å²) in [7, 11) is 0. The van der Waals surface area contributed by atoms with Crippen LogP contribution >= 0.6 is 0 Å². The second-order valence-electron chi connectivity index (χ2n) is 5.22. The van der Waals surface area contributed by atoms with Gasteiger partial charge in [-0.2, -0.15) is 5.26 Å². The standard InChI is InChI=1S/C16H14N6O3/c1-2-9(7-17)20-16(24)10-6-11(12-4-3-5-25-12)22-8-19-13(14(18)23)15(22)21-10/h3-6,8-9H,2H2,1H3,(H2,18,23)(H,20,24). The van der Waals surface area contributed by atoms with Crippen molar-refractivity contribution in [2.75, 3.05) is 0 Å². The average Bonchev–Trinajstić information content (AvgIpc) is 3.27. The summed E-state index contributed by atoms with van der Waals surface area (Å²) in [6, 6.07) is 6.23. The molecule has 0 bridgehead atoms. The lowest BCUT2D eigenvalue weighted by atomic mass is 10.2. The van der Waals surface area contributed by atoms with E-state index in [1.807, 2.05) is 6.07 Å². The van der Waals surface area contributed by atoms with Crippen LogP contribution in [0.3, 0.4) is 0 Å². The molecule has 126 valence electrons. The number of nitrogens with two attached hydrogens (primary N) is 1. The maximum atomic E-state index is 12.4. The second kappa shape index (κ2) is 6.45. The minimum atomic E-state index is -0.763. The van der Waals surface area contributed by atoms with Crippen LogP contribution in [0.1, 0.15) is 34.3 Å². The molecule has 0 radical (unpaired) electrons. The number of furan rings is 1. The van der Waals surface area contributed by atoms with Gasteiger partial charge in [0.1, 0.15) is 18.1 Å². The van der Waals surface area contributed by atoms with Gasteiger partial charge >= 0.3 is 0 Å². The largest absolute Gasteiger partial charge is 0.463 e. The molecule has 1 atom stereocenters. The molecule has 3 aromatic heterocycles. The van der Waals surface area contributed by atoms with Crippen molar-refractivity contribution in [2.45, 2.75) is 19.4 Å². The number of primary amides is 1. The van der Waals surface area contributed by atoms with Crippen LogP contribution in [0.5, 0.6) is 0 Å². The molecule has 3 aromatic rings. The van der Waals surface area contributed by atoms with Gasteiger partial charge in [0.25, 0.3) is 11.8 Å². The molecule has 0 aromatic carbocycles. The quantitative estimate of drug-likeness (QED) is 0.714. The molecule has 0 spiro atoms. The maximum absolute atomic E-state index is 12.4. The summed E-state index contributed by atoms with van der Waals surface area (Å²) in [5, 5.41) is 11.6. The summed E-state index contributed by atoms with van der Waals surface area (Å²) in [5.74, 6) is -0.844. The fraction of sp³-hybridized carbons (Fsp3) is 0.188. The molecule has 3 heterocycles. The number of fused-ring (bicyclic) bond motifs is 1. The van der Waals surface area contributed by atoms with Crippen molar-refractivity contribution in [3.63, 3.8) is 0 Å². The van der Waals surface area contributed by atoms with E-state index in [-0.39, 0.29) is 17.0 Å². The molecule has 0 aliphatic heterocycles. The van der Waals surface area contributed by atoms with Gasteiger partial charge in [-0.15, -0.1) is 0 Å². The van der Waals surface area contributed by atoms with Crippen LogP contribution in [0.15, 0.2) is 35.2 Å². The lowest BCUT2D eigenvalue weighted by Crippen LogP contribution is -2.33. The van der Waals surface area contributed by atoms with E-state index in [2.05, 4.69) is 15.3 Å². The second-order valence-corrected chi connectivity index (χ2v) is 5.22. The summed E-state index contributed by atoms with van der Waals surface area (Å²) in [5.41, 5.74) is 5.90. The van der Waals surface area contributed by atoms with Crippen LogP contribution in [0.2, 0.25) is 0 Å². The number of nitrogens with zero attached hydrogens (tertiary/aromatic N) is 4. The molecule has 2 amide bonds. The Morgan fingerprint density at radius 2 is 2.32 bits per heavy atom. The van der Waals surface area contributed by atoms with Crippen molar-refractivity contribution in [1.29, 1.82) is 5.26 Å². The van der Waals surface area contributed by atoms with Gasteiger partial charge in [-0.3, -0.25) is 14.0 Å². The van der Waals surface area contributed by atoms with Crippen molar-refractivity contribution in [3.05, 3.63) is 42.2 Å². The first-order chi connectivity index (χ1) is 12.0. The minimum absolute atomic E-state index is 0.0237. The highest BCUT2D eigenvalue weighted by molar-refractivity contribution is 5.99. The number of imidazole rings is 1. The first-order valence-electron chi connectivity index (χ1n) is 7.47. The Labute approximate surface area is 142 Å². The van der Waals surface area contributed by atoms with Crippen LogP contribution in [0, 0.1) is 11.3 Å². The highest BCUT2D eigenvalue weighted by atomic mass is 16.3. The maximum Gasteiger partial charge on any atom is 0.271 e. The number of rotatable bonds is 5. The van der Waals surface area contributed by atoms with E-state index >= 15 is 0 Å². The number of nitrogens with one attached hydrogen (secondary N) is 1. The number of aromatic nitrogens is 3. The topological polar surface area (TPSA) is 139 Å². The molecule has 1 unspecified atom stereocenters. The van der Waals surface area contributed by atoms with Gasteiger partial charge in [0.2, 0.25) is 0 Å². The van der Waals surface area contributed by atoms with Gasteiger partial charge in [0, 0.05) is 0 Å². The summed E-state index contributed by atoms with van der Waals surface area (Å²) in [4.78, 5) is 32.1. The smallest absolute Gasteiger partial charge is 0.271 e. The molecule has 0 aliphatic rings. The average molecular weight is 338 g/mol. The lowest BCUT2D eigenvalue weighted by Gasteiger charge is -2.10. The Morgan fingerprint density at radius 3 is 2.92 bits per heavy atom. The SMILES string of the molecule is CCC(C#N)NC(=O)c1cc(-c2ccco2)n2cnc(C(N)=O)c2n1. The Hall–Kier alpha value is -3.67. The monoisotopic (exact) mass is 338 g/mol. The molecule has 0 aliphatic carbocycles. The van der Waals surface area contributed by atoms with E-state index in [1.54, 1.807) is 19.1 Å². The number of nitriles is 1. The molecule has 3 N–H and O–H groups in total. The molecule has 9 nitrogen and oxygen atoms in total. The van der Waals surface area contributed by atoms with Crippen LogP contribution < -0.4 is 11.1 Å². The van der Waals surface area contributed by atoms with E-state index in [1.165, 1.54) is 23.1 Å². The lowest BCUT2D eigenvalue weighted by molar-refractivity contribution is 0.0938. The van der Waals surface area contributed by atoms with Gasteiger partial charge in [-0.25, -0.2) is 9.97 Å². The van der Waals surface area contributed by atoms with Gasteiger partial charge in [-0.05, 0) is 24.6 Å². The van der Waals surface area contributed by atoms with Crippen molar-refractivity contribution in [3.8, 4) is 17.5 Å². The predicted octanol–water partition coefficient (Wildman–Crippen LogP) is 1.12. The van der Waals surface area contributed by atoms with Gasteiger partial charge in [-0.1, -0.05) is 6.92 Å². The van der Waals surface area contributed by atoms with Crippen LogP contribution in [0.4, 0.5) is 0 Å². The number of hydrogen-bond acceptors (Lipinski definition) is 6. The molecule has 3 rings (SSSR count). The third kappa shape index (κ3) is 2.92. The van der Waals surface area contributed by atoms with E-state index in [0.717, 1.165) is 0 Å². The number of carbonyl (C=O) groups excluding carboxylic acids is 2. The van der Waals surface area contributed by atoms with Crippen molar-refractivity contribution in [1.82, 2.24) is 19.7 Å². The van der Waals surface area contributed by atoms with E-state index in [9.17, 15) is 9.59 Å². The van der Waals surface area contributed by atoms with Crippen molar-refractivity contribution >= 4 is 17.5 Å². The van der Waals surface area contributed by atoms with E-state index < -0.39 is 17.9 Å². The first kappa shape index (κ1) is 16.2. The summed E-state index contributed by atoms with van der Waals surface area (Å²) >= 11 is 0. The van der Waals surface area contributed by atoms with Crippen LogP contribution in [-0.4, -0.2) is 32.2 Å². The predicted molar refractivity (Wildman–Crippen MR) is 86.4 cm³/mol. The number of carbonyl (C=O) groups is 2. The Morgan fingerprint density at radius 1 is 1.52 bits per heavy atom. The first-order valence-corrected chi connectivity index (χ1v) is 7.47. The Balaban J connectivity index is 2.16. The number of hydrogen-bond donors (Lipinski definition) is 2. The fourth-order valence-corrected chi connectivity index (χ4v) is 2.33. The summed E-state index contributed by atoms with van der Waals surface area (Å²) in [6.45, 7) is 1.78. The highest BCUT2D eigenvalue weighted by Gasteiger charge is 2.21. The van der Waals surface area contributed by atoms with Gasteiger partial charge < -0.3 is 15.5 Å². The molecular formula is C16H14N6O3. The molecule has 0 saturated heterocycles. The fourth-order valence-electron chi connectivity index (χ4n) is 2.33.